The van der Waals surface area contributed by atoms with E-state index in [2.05, 4.69) is 0 Å². The Bertz CT molecular complexity index is 1410. The second-order valence-electron chi connectivity index (χ2n) is 6.27. The van der Waals surface area contributed by atoms with Gasteiger partial charge in [-0.2, -0.15) is 16.8 Å². The molecule has 2 amide bonds. The normalized spacial score (nSPS) is 14.5. The lowest BCUT2D eigenvalue weighted by atomic mass is 10.1. The molecule has 0 saturated carbocycles. The first kappa shape index (κ1) is 19.2. The van der Waals surface area contributed by atoms with E-state index in [0.717, 1.165) is 11.0 Å². The first-order valence-electron chi connectivity index (χ1n) is 7.99. The van der Waals surface area contributed by atoms with E-state index < -0.39 is 41.8 Å². The van der Waals surface area contributed by atoms with E-state index in [4.69, 9.17) is 0 Å². The van der Waals surface area contributed by atoms with Gasteiger partial charge in [-0.1, -0.05) is 18.2 Å². The minimum absolute atomic E-state index is 0.0261. The smallest absolute Gasteiger partial charge is 0.282 e. The number of hydrogen-bond donors (Lipinski definition) is 2. The van der Waals surface area contributed by atoms with Crippen LogP contribution in [0.1, 0.15) is 20.7 Å². The van der Waals surface area contributed by atoms with Crippen molar-refractivity contribution in [3.63, 3.8) is 0 Å². The van der Waals surface area contributed by atoms with Gasteiger partial charge in [0.1, 0.15) is 4.90 Å². The molecule has 0 bridgehead atoms. The van der Waals surface area contributed by atoms with Crippen molar-refractivity contribution in [1.29, 1.82) is 0 Å². The third-order valence-electron chi connectivity index (χ3n) is 4.50. The van der Waals surface area contributed by atoms with Crippen molar-refractivity contribution in [1.82, 2.24) is 0 Å². The van der Waals surface area contributed by atoms with Gasteiger partial charge in [0, 0.05) is 5.39 Å². The highest BCUT2D eigenvalue weighted by molar-refractivity contribution is 7.86. The SMILES string of the molecule is O=C1c2ccccc2C(=O)N1c1ccc2c(S(=O)(=O)O)cc(S(=O)(=O)O)cc2c1. The number of carbonyl (C=O) groups is 2. The highest BCUT2D eigenvalue weighted by Gasteiger charge is 2.36. The highest BCUT2D eigenvalue weighted by Crippen LogP contribution is 2.33. The Morgan fingerprint density at radius 3 is 1.83 bits per heavy atom. The molecule has 9 nitrogen and oxygen atoms in total. The van der Waals surface area contributed by atoms with Crippen LogP contribution in [0.25, 0.3) is 10.8 Å². The van der Waals surface area contributed by atoms with Crippen LogP contribution in [0.4, 0.5) is 5.69 Å². The van der Waals surface area contributed by atoms with Crippen molar-refractivity contribution in [2.24, 2.45) is 0 Å². The highest BCUT2D eigenvalue weighted by atomic mass is 32.2. The summed E-state index contributed by atoms with van der Waals surface area (Å²) in [5, 5.41) is -0.0814. The maximum Gasteiger partial charge on any atom is 0.295 e. The number of anilines is 1. The molecule has 11 heteroatoms. The molecule has 148 valence electrons. The van der Waals surface area contributed by atoms with Crippen LogP contribution in [0.3, 0.4) is 0 Å². The van der Waals surface area contributed by atoms with Crippen molar-refractivity contribution >= 4 is 48.5 Å². The summed E-state index contributed by atoms with van der Waals surface area (Å²) in [6.07, 6.45) is 0. The molecule has 1 heterocycles. The van der Waals surface area contributed by atoms with Crippen LogP contribution in [0.2, 0.25) is 0 Å². The molecule has 0 saturated heterocycles. The van der Waals surface area contributed by atoms with Gasteiger partial charge in [-0.05, 0) is 41.8 Å². The fraction of sp³-hybridized carbons (Fsp3) is 0. The lowest BCUT2D eigenvalue weighted by Gasteiger charge is -2.15. The third kappa shape index (κ3) is 3.09. The molecule has 0 aliphatic carbocycles. The van der Waals surface area contributed by atoms with Gasteiger partial charge in [-0.25, -0.2) is 4.90 Å². The zero-order chi connectivity index (χ0) is 21.1. The summed E-state index contributed by atoms with van der Waals surface area (Å²) in [6.45, 7) is 0. The van der Waals surface area contributed by atoms with Crippen molar-refractivity contribution in [3.05, 3.63) is 65.7 Å². The molecule has 0 aromatic heterocycles. The predicted octanol–water partition coefficient (Wildman–Crippen LogP) is 2.13. The van der Waals surface area contributed by atoms with Gasteiger partial charge in [-0.15, -0.1) is 0 Å². The number of benzene rings is 3. The second kappa shape index (κ2) is 6.19. The Labute approximate surface area is 164 Å². The summed E-state index contributed by atoms with van der Waals surface area (Å²) in [4.78, 5) is 24.6. The lowest BCUT2D eigenvalue weighted by Crippen LogP contribution is -2.29. The van der Waals surface area contributed by atoms with Crippen LogP contribution in [0, 0.1) is 0 Å². The van der Waals surface area contributed by atoms with Crippen molar-refractivity contribution in [3.8, 4) is 0 Å². The number of hydrogen-bond acceptors (Lipinski definition) is 6. The van der Waals surface area contributed by atoms with E-state index in [1.807, 2.05) is 0 Å². The number of amides is 2. The van der Waals surface area contributed by atoms with E-state index in [9.17, 15) is 35.5 Å². The molecule has 0 atom stereocenters. The van der Waals surface area contributed by atoms with Gasteiger partial charge in [0.2, 0.25) is 0 Å². The first-order chi connectivity index (χ1) is 13.5. The Hall–Kier alpha value is -3.12. The molecule has 0 radical (unpaired) electrons. The number of fused-ring (bicyclic) bond motifs is 2. The van der Waals surface area contributed by atoms with E-state index in [1.54, 1.807) is 12.1 Å². The Morgan fingerprint density at radius 2 is 1.31 bits per heavy atom. The zero-order valence-corrected chi connectivity index (χ0v) is 15.9. The molecule has 4 rings (SSSR count). The zero-order valence-electron chi connectivity index (χ0n) is 14.3. The summed E-state index contributed by atoms with van der Waals surface area (Å²) in [6, 6.07) is 11.5. The van der Waals surface area contributed by atoms with Crippen LogP contribution in [-0.2, 0) is 20.2 Å². The van der Waals surface area contributed by atoms with Crippen LogP contribution in [0.15, 0.2) is 64.4 Å². The maximum atomic E-state index is 12.6. The topological polar surface area (TPSA) is 146 Å². The average Bonchev–Trinajstić information content (AvgIpc) is 2.90. The molecule has 3 aromatic rings. The van der Waals surface area contributed by atoms with Gasteiger partial charge in [0.15, 0.2) is 0 Å². The summed E-state index contributed by atoms with van der Waals surface area (Å²) in [5.74, 6) is -1.18. The maximum absolute atomic E-state index is 12.6. The quantitative estimate of drug-likeness (QED) is 0.472. The summed E-state index contributed by atoms with van der Waals surface area (Å²) in [7, 11) is -9.63. The van der Waals surface area contributed by atoms with Gasteiger partial charge < -0.3 is 0 Å². The van der Waals surface area contributed by atoms with E-state index >= 15 is 0 Å². The van der Waals surface area contributed by atoms with E-state index in [-0.39, 0.29) is 27.6 Å². The predicted molar refractivity (Wildman–Crippen MR) is 101 cm³/mol. The number of carbonyl (C=O) groups excluding carboxylic acids is 2. The molecule has 2 N–H and O–H groups in total. The summed E-state index contributed by atoms with van der Waals surface area (Å²) < 4.78 is 65.1. The van der Waals surface area contributed by atoms with Crippen LogP contribution in [-0.4, -0.2) is 37.8 Å². The van der Waals surface area contributed by atoms with Gasteiger partial charge in [-0.3, -0.25) is 18.7 Å². The second-order valence-corrected chi connectivity index (χ2v) is 9.08. The molecule has 1 aliphatic rings. The van der Waals surface area contributed by atoms with Crippen LogP contribution in [0.5, 0.6) is 0 Å². The van der Waals surface area contributed by atoms with E-state index in [0.29, 0.717) is 6.07 Å². The van der Waals surface area contributed by atoms with Gasteiger partial charge >= 0.3 is 0 Å². The molecular formula is C18H11NO8S2. The molecule has 29 heavy (non-hydrogen) atoms. The van der Waals surface area contributed by atoms with E-state index in [1.165, 1.54) is 30.3 Å². The largest absolute Gasteiger partial charge is 0.295 e. The summed E-state index contributed by atoms with van der Waals surface area (Å²) in [5.41, 5.74) is 0.461. The molecule has 1 aliphatic heterocycles. The molecule has 0 fully saturated rings. The molecule has 3 aromatic carbocycles. The lowest BCUT2D eigenvalue weighted by molar-refractivity contribution is 0.0926. The Morgan fingerprint density at radius 1 is 0.724 bits per heavy atom. The minimum atomic E-state index is -4.83. The van der Waals surface area contributed by atoms with Crippen molar-refractivity contribution < 1.29 is 35.5 Å². The molecular weight excluding hydrogens is 422 g/mol. The Kier molecular flexibility index (Phi) is 4.10. The van der Waals surface area contributed by atoms with Crippen LogP contribution >= 0.6 is 0 Å². The summed E-state index contributed by atoms with van der Waals surface area (Å²) >= 11 is 0. The molecule has 0 unspecified atom stereocenters. The monoisotopic (exact) mass is 433 g/mol. The van der Waals surface area contributed by atoms with Crippen molar-refractivity contribution in [2.45, 2.75) is 9.79 Å². The number of rotatable bonds is 3. The van der Waals surface area contributed by atoms with Crippen LogP contribution < -0.4 is 4.90 Å². The fourth-order valence-electron chi connectivity index (χ4n) is 3.22. The van der Waals surface area contributed by atoms with Crippen molar-refractivity contribution in [2.75, 3.05) is 4.90 Å². The molecule has 0 spiro atoms. The standard InChI is InChI=1S/C18H11NO8S2/c20-17-14-3-1-2-4-15(14)18(21)19(17)11-5-6-13-10(7-11)8-12(28(22,23)24)9-16(13)29(25,26)27/h1-9H,(H,22,23,24)(H,25,26,27). The minimum Gasteiger partial charge on any atom is -0.282 e. The first-order valence-corrected chi connectivity index (χ1v) is 10.9. The average molecular weight is 433 g/mol. The Balaban J connectivity index is 1.96. The number of imide groups is 1. The fourth-order valence-corrected chi connectivity index (χ4v) is 4.58. The van der Waals surface area contributed by atoms with Gasteiger partial charge in [0.05, 0.1) is 21.7 Å². The van der Waals surface area contributed by atoms with Gasteiger partial charge in [0.25, 0.3) is 32.1 Å². The third-order valence-corrected chi connectivity index (χ3v) is 6.22. The number of nitrogens with zero attached hydrogens (tertiary/aromatic N) is 1.